The third kappa shape index (κ3) is 4.33. The van der Waals surface area contributed by atoms with Gasteiger partial charge >= 0.3 is 7.12 Å². The van der Waals surface area contributed by atoms with Crippen LogP contribution in [0, 0.1) is 0 Å². The molecule has 0 radical (unpaired) electrons. The molecule has 37 heavy (non-hydrogen) atoms. The Morgan fingerprint density at radius 2 is 1.35 bits per heavy atom. The number of para-hydroxylation sites is 1. The zero-order chi connectivity index (χ0) is 25.6. The summed E-state index contributed by atoms with van der Waals surface area (Å²) in [6.45, 7) is 8.26. The third-order valence-electron chi connectivity index (χ3n) is 7.43. The largest absolute Gasteiger partial charge is 0.494 e. The summed E-state index contributed by atoms with van der Waals surface area (Å²) in [6, 6.07) is 28.8. The summed E-state index contributed by atoms with van der Waals surface area (Å²) in [6.07, 6.45) is 3.67. The minimum atomic E-state index is -0.401. The lowest BCUT2D eigenvalue weighted by Crippen LogP contribution is -2.41. The summed E-state index contributed by atoms with van der Waals surface area (Å²) in [5.41, 5.74) is 6.18. The number of benzene rings is 3. The second-order valence-corrected chi connectivity index (χ2v) is 10.4. The molecule has 182 valence electrons. The van der Waals surface area contributed by atoms with Crippen molar-refractivity contribution in [1.29, 1.82) is 0 Å². The van der Waals surface area contributed by atoms with Crippen molar-refractivity contribution in [3.63, 3.8) is 0 Å². The molecule has 0 saturated carbocycles. The number of fused-ring (bicyclic) bond motifs is 1. The van der Waals surface area contributed by atoms with Crippen LogP contribution in [0.3, 0.4) is 0 Å². The second kappa shape index (κ2) is 8.91. The molecule has 1 aliphatic rings. The van der Waals surface area contributed by atoms with Gasteiger partial charge in [-0.3, -0.25) is 4.98 Å². The zero-order valence-electron chi connectivity index (χ0n) is 21.5. The SMILES string of the molecule is CC1(C)OB(c2ccc(-c3nc(-c4cccc(-c5cccnc5)c4)c4ccccc4n3)cc2)OC1(C)C. The first-order valence-corrected chi connectivity index (χ1v) is 12.5. The smallest absolute Gasteiger partial charge is 0.399 e. The molecule has 5 nitrogen and oxygen atoms in total. The van der Waals surface area contributed by atoms with E-state index in [2.05, 4.69) is 69.1 Å². The first-order valence-electron chi connectivity index (χ1n) is 12.5. The summed E-state index contributed by atoms with van der Waals surface area (Å²) < 4.78 is 12.4. The van der Waals surface area contributed by atoms with Crippen molar-refractivity contribution in [2.24, 2.45) is 0 Å². The number of hydrogen-bond donors (Lipinski definition) is 0. The van der Waals surface area contributed by atoms with Crippen molar-refractivity contribution in [1.82, 2.24) is 15.0 Å². The molecule has 2 aromatic heterocycles. The van der Waals surface area contributed by atoms with E-state index in [1.54, 1.807) is 6.20 Å². The number of aromatic nitrogens is 3. The molecule has 0 amide bonds. The van der Waals surface area contributed by atoms with Gasteiger partial charge in [0.05, 0.1) is 22.4 Å². The van der Waals surface area contributed by atoms with Gasteiger partial charge in [0, 0.05) is 34.5 Å². The van der Waals surface area contributed by atoms with E-state index >= 15 is 0 Å². The van der Waals surface area contributed by atoms with Crippen LogP contribution in [-0.2, 0) is 9.31 Å². The molecular formula is C31H28BN3O2. The van der Waals surface area contributed by atoms with Crippen LogP contribution in [0.2, 0.25) is 0 Å². The Bertz CT molecular complexity index is 1570. The maximum atomic E-state index is 6.22. The van der Waals surface area contributed by atoms with Crippen LogP contribution in [-0.4, -0.2) is 33.3 Å². The maximum absolute atomic E-state index is 6.22. The molecule has 6 heteroatoms. The number of nitrogens with zero attached hydrogens (tertiary/aromatic N) is 3. The Morgan fingerprint density at radius 3 is 2.08 bits per heavy atom. The average molecular weight is 485 g/mol. The molecule has 0 atom stereocenters. The minimum Gasteiger partial charge on any atom is -0.399 e. The molecule has 5 aromatic rings. The molecule has 0 N–H and O–H groups in total. The Hall–Kier alpha value is -3.87. The lowest BCUT2D eigenvalue weighted by molar-refractivity contribution is 0.00578. The number of pyridine rings is 1. The molecule has 1 fully saturated rings. The Morgan fingerprint density at radius 1 is 0.649 bits per heavy atom. The van der Waals surface area contributed by atoms with Crippen molar-refractivity contribution in [3.05, 3.63) is 97.3 Å². The van der Waals surface area contributed by atoms with Gasteiger partial charge in [-0.25, -0.2) is 9.97 Å². The van der Waals surface area contributed by atoms with E-state index in [1.165, 1.54) is 0 Å². The topological polar surface area (TPSA) is 57.1 Å². The van der Waals surface area contributed by atoms with Gasteiger partial charge in [0.15, 0.2) is 5.82 Å². The highest BCUT2D eigenvalue weighted by Crippen LogP contribution is 2.37. The highest BCUT2D eigenvalue weighted by atomic mass is 16.7. The Balaban J connectivity index is 1.40. The maximum Gasteiger partial charge on any atom is 0.494 e. The molecule has 3 heterocycles. The first kappa shape index (κ1) is 23.5. The van der Waals surface area contributed by atoms with Crippen molar-refractivity contribution >= 4 is 23.5 Å². The Labute approximate surface area is 217 Å². The standard InChI is InChI=1S/C31H28BN3O2/c1-30(2)31(3,4)37-32(36-30)25-16-14-21(15-17-25)29-34-27-13-6-5-12-26(27)28(35-29)23-10-7-9-22(19-23)24-11-8-18-33-20-24/h5-20H,1-4H3. The Kier molecular flexibility index (Phi) is 5.66. The number of hydrogen-bond acceptors (Lipinski definition) is 5. The van der Waals surface area contributed by atoms with E-state index in [0.29, 0.717) is 5.82 Å². The van der Waals surface area contributed by atoms with Crippen LogP contribution < -0.4 is 5.46 Å². The fourth-order valence-corrected chi connectivity index (χ4v) is 4.57. The molecule has 3 aromatic carbocycles. The van der Waals surface area contributed by atoms with Gasteiger partial charge in [-0.05, 0) is 56.9 Å². The van der Waals surface area contributed by atoms with Crippen LogP contribution >= 0.6 is 0 Å². The van der Waals surface area contributed by atoms with Gasteiger partial charge in [0.2, 0.25) is 0 Å². The summed E-state index contributed by atoms with van der Waals surface area (Å²) in [7, 11) is -0.401. The molecule has 0 bridgehead atoms. The highest BCUT2D eigenvalue weighted by molar-refractivity contribution is 6.62. The molecule has 1 aliphatic heterocycles. The van der Waals surface area contributed by atoms with Crippen molar-refractivity contribution in [2.75, 3.05) is 0 Å². The molecule has 1 saturated heterocycles. The fourth-order valence-electron chi connectivity index (χ4n) is 4.57. The van der Waals surface area contributed by atoms with Crippen LogP contribution in [0.15, 0.2) is 97.3 Å². The predicted molar refractivity (Wildman–Crippen MR) is 149 cm³/mol. The first-order chi connectivity index (χ1) is 17.8. The highest BCUT2D eigenvalue weighted by Gasteiger charge is 2.51. The van der Waals surface area contributed by atoms with Gasteiger partial charge in [0.1, 0.15) is 0 Å². The van der Waals surface area contributed by atoms with Crippen molar-refractivity contribution < 1.29 is 9.31 Å². The van der Waals surface area contributed by atoms with E-state index in [-0.39, 0.29) is 11.2 Å². The van der Waals surface area contributed by atoms with Crippen LogP contribution in [0.5, 0.6) is 0 Å². The van der Waals surface area contributed by atoms with Crippen molar-refractivity contribution in [2.45, 2.75) is 38.9 Å². The van der Waals surface area contributed by atoms with Gasteiger partial charge in [-0.1, -0.05) is 66.7 Å². The quantitative estimate of drug-likeness (QED) is 0.279. The van der Waals surface area contributed by atoms with E-state index in [0.717, 1.165) is 44.3 Å². The second-order valence-electron chi connectivity index (χ2n) is 10.4. The van der Waals surface area contributed by atoms with Gasteiger partial charge in [0.25, 0.3) is 0 Å². The summed E-state index contributed by atoms with van der Waals surface area (Å²) in [5.74, 6) is 0.681. The monoisotopic (exact) mass is 485 g/mol. The van der Waals surface area contributed by atoms with Gasteiger partial charge < -0.3 is 9.31 Å². The molecule has 0 unspecified atom stereocenters. The lowest BCUT2D eigenvalue weighted by Gasteiger charge is -2.32. The van der Waals surface area contributed by atoms with E-state index in [9.17, 15) is 0 Å². The summed E-state index contributed by atoms with van der Waals surface area (Å²) >= 11 is 0. The number of rotatable bonds is 4. The molecule has 0 aliphatic carbocycles. The van der Waals surface area contributed by atoms with E-state index in [4.69, 9.17) is 19.3 Å². The minimum absolute atomic E-state index is 0.378. The zero-order valence-corrected chi connectivity index (χ0v) is 21.5. The van der Waals surface area contributed by atoms with Crippen LogP contribution in [0.4, 0.5) is 0 Å². The lowest BCUT2D eigenvalue weighted by atomic mass is 9.79. The normalized spacial score (nSPS) is 16.3. The third-order valence-corrected chi connectivity index (χ3v) is 7.43. The van der Waals surface area contributed by atoms with E-state index < -0.39 is 7.12 Å². The van der Waals surface area contributed by atoms with Gasteiger partial charge in [-0.15, -0.1) is 0 Å². The predicted octanol–water partition coefficient (Wildman–Crippen LogP) is 6.33. The summed E-state index contributed by atoms with van der Waals surface area (Å²) in [5, 5.41) is 1.02. The average Bonchev–Trinajstić information content (AvgIpc) is 3.15. The molecule has 0 spiro atoms. The molecular weight excluding hydrogens is 457 g/mol. The summed E-state index contributed by atoms with van der Waals surface area (Å²) in [4.78, 5) is 14.2. The molecule has 6 rings (SSSR count). The van der Waals surface area contributed by atoms with Crippen molar-refractivity contribution in [3.8, 4) is 33.8 Å². The van der Waals surface area contributed by atoms with E-state index in [1.807, 2.05) is 54.7 Å². The van der Waals surface area contributed by atoms with Gasteiger partial charge in [-0.2, -0.15) is 0 Å². The van der Waals surface area contributed by atoms with Crippen LogP contribution in [0.25, 0.3) is 44.7 Å². The van der Waals surface area contributed by atoms with Crippen LogP contribution in [0.1, 0.15) is 27.7 Å². The fraction of sp³-hybridized carbons (Fsp3) is 0.194.